The van der Waals surface area contributed by atoms with Crippen LogP contribution in [-0.2, 0) is 12.8 Å². The summed E-state index contributed by atoms with van der Waals surface area (Å²) >= 11 is 0. The minimum atomic E-state index is -0.000160. The fraction of sp³-hybridized carbons (Fsp3) is 0.625. The van der Waals surface area contributed by atoms with Crippen molar-refractivity contribution in [3.63, 3.8) is 0 Å². The molecule has 104 valence electrons. The van der Waals surface area contributed by atoms with Gasteiger partial charge in [-0.25, -0.2) is 0 Å². The number of hydrogen-bond acceptors (Lipinski definition) is 3. The predicted molar refractivity (Wildman–Crippen MR) is 75.6 cm³/mol. The van der Waals surface area contributed by atoms with Gasteiger partial charge in [0.1, 0.15) is 5.75 Å². The molecule has 19 heavy (non-hydrogen) atoms. The quantitative estimate of drug-likeness (QED) is 0.852. The van der Waals surface area contributed by atoms with Gasteiger partial charge in [0.2, 0.25) is 0 Å². The van der Waals surface area contributed by atoms with E-state index in [0.29, 0.717) is 0 Å². The van der Waals surface area contributed by atoms with Gasteiger partial charge in [-0.3, -0.25) is 0 Å². The Bertz CT molecular complexity index is 438. The van der Waals surface area contributed by atoms with Crippen LogP contribution in [0.3, 0.4) is 0 Å². The average Bonchev–Trinajstić information content (AvgIpc) is 3.07. The minimum absolute atomic E-state index is 0.000160. The summed E-state index contributed by atoms with van der Waals surface area (Å²) in [6, 6.07) is 6.52. The maximum absolute atomic E-state index is 9.56. The average molecular weight is 261 g/mol. The number of aliphatic hydroxyl groups excluding tert-OH is 1. The molecule has 1 aliphatic carbocycles. The van der Waals surface area contributed by atoms with Crippen LogP contribution in [0.5, 0.6) is 5.75 Å². The Hall–Kier alpha value is -1.06. The maximum Gasteiger partial charge on any atom is 0.122 e. The van der Waals surface area contributed by atoms with E-state index in [9.17, 15) is 5.11 Å². The molecule has 0 amide bonds. The number of benzene rings is 1. The number of ether oxygens (including phenoxy) is 1. The number of nitrogens with one attached hydrogen (secondary N) is 1. The Morgan fingerprint density at radius 2 is 2.11 bits per heavy atom. The second-order valence-corrected chi connectivity index (χ2v) is 5.86. The number of aliphatic hydroxyl groups is 1. The number of hydrogen-bond donors (Lipinski definition) is 2. The smallest absolute Gasteiger partial charge is 0.122 e. The molecule has 1 aromatic carbocycles. The van der Waals surface area contributed by atoms with Gasteiger partial charge < -0.3 is 15.2 Å². The summed E-state index contributed by atoms with van der Waals surface area (Å²) < 4.78 is 5.52. The van der Waals surface area contributed by atoms with Gasteiger partial charge in [-0.05, 0) is 43.0 Å². The van der Waals surface area contributed by atoms with Crippen LogP contribution in [0.4, 0.5) is 0 Å². The lowest BCUT2D eigenvalue weighted by Crippen LogP contribution is -2.46. The van der Waals surface area contributed by atoms with Crippen molar-refractivity contribution in [3.8, 4) is 5.75 Å². The molecule has 0 aromatic heterocycles. The first-order valence-corrected chi connectivity index (χ1v) is 7.42. The molecule has 0 spiro atoms. The van der Waals surface area contributed by atoms with Crippen molar-refractivity contribution in [1.29, 1.82) is 0 Å². The van der Waals surface area contributed by atoms with Crippen LogP contribution in [-0.4, -0.2) is 30.4 Å². The summed E-state index contributed by atoms with van der Waals surface area (Å²) in [5.74, 6) is 1.05. The van der Waals surface area contributed by atoms with Gasteiger partial charge in [0.25, 0.3) is 0 Å². The third-order valence-electron chi connectivity index (χ3n) is 4.53. The molecule has 0 unspecified atom stereocenters. The lowest BCUT2D eigenvalue weighted by Gasteiger charge is -2.28. The standard InChI is InChI=1S/C16H23NO2/c18-12-16(7-1-2-8-16)17-9-5-13-3-4-15-14(11-13)6-10-19-15/h3-4,11,17-18H,1-2,5-10,12H2. The van der Waals surface area contributed by atoms with E-state index in [1.54, 1.807) is 0 Å². The Morgan fingerprint density at radius 3 is 2.89 bits per heavy atom. The Kier molecular flexibility index (Phi) is 3.76. The van der Waals surface area contributed by atoms with Gasteiger partial charge in [-0.1, -0.05) is 25.0 Å². The predicted octanol–water partition coefficient (Wildman–Crippen LogP) is 2.06. The molecule has 0 saturated heterocycles. The van der Waals surface area contributed by atoms with Gasteiger partial charge in [-0.15, -0.1) is 0 Å². The van der Waals surface area contributed by atoms with E-state index in [1.165, 1.54) is 24.0 Å². The normalized spacial score (nSPS) is 20.3. The van der Waals surface area contributed by atoms with E-state index in [4.69, 9.17) is 4.74 Å². The van der Waals surface area contributed by atoms with Crippen molar-refractivity contribution in [2.45, 2.75) is 44.1 Å². The fourth-order valence-corrected chi connectivity index (χ4v) is 3.31. The van der Waals surface area contributed by atoms with Crippen molar-refractivity contribution in [2.75, 3.05) is 19.8 Å². The molecule has 3 nitrogen and oxygen atoms in total. The van der Waals surface area contributed by atoms with E-state index >= 15 is 0 Å². The van der Waals surface area contributed by atoms with Crippen LogP contribution in [0.25, 0.3) is 0 Å². The second-order valence-electron chi connectivity index (χ2n) is 5.86. The van der Waals surface area contributed by atoms with Crippen molar-refractivity contribution in [3.05, 3.63) is 29.3 Å². The highest BCUT2D eigenvalue weighted by Gasteiger charge is 2.32. The monoisotopic (exact) mass is 261 g/mol. The summed E-state index contributed by atoms with van der Waals surface area (Å²) in [4.78, 5) is 0. The van der Waals surface area contributed by atoms with Crippen LogP contribution in [0.2, 0.25) is 0 Å². The topological polar surface area (TPSA) is 41.5 Å². The zero-order valence-electron chi connectivity index (χ0n) is 11.5. The summed E-state index contributed by atoms with van der Waals surface area (Å²) in [5.41, 5.74) is 2.71. The van der Waals surface area contributed by atoms with E-state index in [-0.39, 0.29) is 12.1 Å². The van der Waals surface area contributed by atoms with Gasteiger partial charge in [0, 0.05) is 12.0 Å². The van der Waals surface area contributed by atoms with Crippen LogP contribution in [0.15, 0.2) is 18.2 Å². The molecule has 3 heteroatoms. The van der Waals surface area contributed by atoms with Crippen LogP contribution in [0, 0.1) is 0 Å². The molecule has 1 heterocycles. The zero-order valence-corrected chi connectivity index (χ0v) is 11.5. The molecule has 0 atom stereocenters. The molecular formula is C16H23NO2. The Balaban J connectivity index is 1.55. The third-order valence-corrected chi connectivity index (χ3v) is 4.53. The highest BCUT2D eigenvalue weighted by atomic mass is 16.5. The molecule has 0 bridgehead atoms. The van der Waals surface area contributed by atoms with Crippen LogP contribution < -0.4 is 10.1 Å². The van der Waals surface area contributed by atoms with E-state index in [1.807, 2.05) is 0 Å². The zero-order chi connectivity index (χ0) is 13.1. The van der Waals surface area contributed by atoms with Crippen molar-refractivity contribution in [1.82, 2.24) is 5.32 Å². The number of rotatable bonds is 5. The summed E-state index contributed by atoms with van der Waals surface area (Å²) in [6.07, 6.45) is 6.77. The Labute approximate surface area is 115 Å². The minimum Gasteiger partial charge on any atom is -0.493 e. The van der Waals surface area contributed by atoms with Crippen LogP contribution in [0.1, 0.15) is 36.8 Å². The van der Waals surface area contributed by atoms with E-state index < -0.39 is 0 Å². The molecule has 3 rings (SSSR count). The summed E-state index contributed by atoms with van der Waals surface area (Å²) in [7, 11) is 0. The molecular weight excluding hydrogens is 238 g/mol. The lowest BCUT2D eigenvalue weighted by molar-refractivity contribution is 0.165. The third kappa shape index (κ3) is 2.77. The first-order chi connectivity index (χ1) is 9.31. The molecule has 1 fully saturated rings. The molecule has 2 N–H and O–H groups in total. The SMILES string of the molecule is OCC1(NCCc2ccc3c(c2)CCO3)CCCC1. The molecule has 0 radical (unpaired) electrons. The fourth-order valence-electron chi connectivity index (χ4n) is 3.31. The van der Waals surface area contributed by atoms with Crippen molar-refractivity contribution < 1.29 is 9.84 Å². The largest absolute Gasteiger partial charge is 0.493 e. The van der Waals surface area contributed by atoms with Crippen molar-refractivity contribution >= 4 is 0 Å². The van der Waals surface area contributed by atoms with Gasteiger partial charge in [0.15, 0.2) is 0 Å². The maximum atomic E-state index is 9.56. The summed E-state index contributed by atoms with van der Waals surface area (Å²) in [6.45, 7) is 2.04. The lowest BCUT2D eigenvalue weighted by atomic mass is 9.98. The number of fused-ring (bicyclic) bond motifs is 1. The molecule has 1 aliphatic heterocycles. The molecule has 2 aliphatic rings. The molecule has 1 aromatic rings. The first kappa shape index (κ1) is 12.9. The molecule has 1 saturated carbocycles. The van der Waals surface area contributed by atoms with Gasteiger partial charge in [0.05, 0.1) is 13.2 Å². The second kappa shape index (κ2) is 5.51. The summed E-state index contributed by atoms with van der Waals surface area (Å²) in [5, 5.41) is 13.1. The first-order valence-electron chi connectivity index (χ1n) is 7.42. The van der Waals surface area contributed by atoms with Crippen molar-refractivity contribution in [2.24, 2.45) is 0 Å². The van der Waals surface area contributed by atoms with Gasteiger partial charge in [-0.2, -0.15) is 0 Å². The van der Waals surface area contributed by atoms with E-state index in [0.717, 1.165) is 44.6 Å². The van der Waals surface area contributed by atoms with Crippen LogP contribution >= 0.6 is 0 Å². The van der Waals surface area contributed by atoms with E-state index in [2.05, 4.69) is 23.5 Å². The Morgan fingerprint density at radius 1 is 1.26 bits per heavy atom. The highest BCUT2D eigenvalue weighted by Crippen LogP contribution is 2.29. The van der Waals surface area contributed by atoms with Gasteiger partial charge >= 0.3 is 0 Å². The highest BCUT2D eigenvalue weighted by molar-refractivity contribution is 5.39.